The van der Waals surface area contributed by atoms with Crippen LogP contribution in [0.15, 0.2) is 24.3 Å². The van der Waals surface area contributed by atoms with Crippen LogP contribution >= 0.6 is 0 Å². The SMILES string of the molecule is C/C=C/C=C\CCCCCCCC. The van der Waals surface area contributed by atoms with Gasteiger partial charge in [0.2, 0.25) is 0 Å². The molecule has 0 aromatic heterocycles. The van der Waals surface area contributed by atoms with Crippen LogP contribution in [0.1, 0.15) is 58.8 Å². The predicted molar refractivity (Wildman–Crippen MR) is 61.9 cm³/mol. The summed E-state index contributed by atoms with van der Waals surface area (Å²) in [5, 5.41) is 0. The lowest BCUT2D eigenvalue weighted by Gasteiger charge is -1.97. The van der Waals surface area contributed by atoms with E-state index in [1.165, 1.54) is 44.9 Å². The lowest BCUT2D eigenvalue weighted by molar-refractivity contribution is 0.611. The molecule has 0 aromatic rings. The highest BCUT2D eigenvalue weighted by Gasteiger charge is 1.87. The van der Waals surface area contributed by atoms with Gasteiger partial charge in [0.1, 0.15) is 0 Å². The summed E-state index contributed by atoms with van der Waals surface area (Å²) in [7, 11) is 0. The van der Waals surface area contributed by atoms with Gasteiger partial charge in [-0.1, -0.05) is 63.3 Å². The van der Waals surface area contributed by atoms with E-state index in [1.54, 1.807) is 0 Å². The molecule has 0 unspecified atom stereocenters. The van der Waals surface area contributed by atoms with Crippen molar-refractivity contribution in [2.24, 2.45) is 0 Å². The number of hydrogen-bond donors (Lipinski definition) is 0. The monoisotopic (exact) mass is 180 g/mol. The van der Waals surface area contributed by atoms with Gasteiger partial charge < -0.3 is 0 Å². The fraction of sp³-hybridized carbons (Fsp3) is 0.692. The van der Waals surface area contributed by atoms with Crippen LogP contribution in [0.2, 0.25) is 0 Å². The van der Waals surface area contributed by atoms with Gasteiger partial charge in [-0.05, 0) is 19.8 Å². The molecule has 0 spiro atoms. The van der Waals surface area contributed by atoms with Gasteiger partial charge in [-0.3, -0.25) is 0 Å². The molecule has 0 rings (SSSR count). The molecule has 0 bridgehead atoms. The van der Waals surface area contributed by atoms with Gasteiger partial charge in [-0.25, -0.2) is 0 Å². The zero-order chi connectivity index (χ0) is 9.78. The lowest BCUT2D eigenvalue weighted by Crippen LogP contribution is -1.77. The maximum Gasteiger partial charge on any atom is -0.0348 e. The van der Waals surface area contributed by atoms with Gasteiger partial charge in [0.05, 0.1) is 0 Å². The van der Waals surface area contributed by atoms with E-state index in [9.17, 15) is 0 Å². The Kier molecular flexibility index (Phi) is 11.0. The number of hydrogen-bond acceptors (Lipinski definition) is 0. The van der Waals surface area contributed by atoms with Crippen LogP contribution in [-0.4, -0.2) is 0 Å². The topological polar surface area (TPSA) is 0 Å². The van der Waals surface area contributed by atoms with E-state index in [4.69, 9.17) is 0 Å². The Bertz CT molecular complexity index is 131. The second-order valence-corrected chi connectivity index (χ2v) is 3.51. The van der Waals surface area contributed by atoms with Crippen molar-refractivity contribution in [3.8, 4) is 0 Å². The molecule has 0 saturated carbocycles. The largest absolute Gasteiger partial charge is 0.0877 e. The third-order valence-corrected chi connectivity index (χ3v) is 2.16. The molecule has 0 heterocycles. The Morgan fingerprint density at radius 3 is 2.23 bits per heavy atom. The molecule has 0 N–H and O–H groups in total. The van der Waals surface area contributed by atoms with Crippen LogP contribution in [-0.2, 0) is 0 Å². The minimum Gasteiger partial charge on any atom is -0.0877 e. The summed E-state index contributed by atoms with van der Waals surface area (Å²) in [6.45, 7) is 4.31. The summed E-state index contributed by atoms with van der Waals surface area (Å²) in [6.07, 6.45) is 18.2. The van der Waals surface area contributed by atoms with Crippen molar-refractivity contribution < 1.29 is 0 Å². The molecule has 0 aliphatic heterocycles. The molecule has 0 nitrogen and oxygen atoms in total. The quantitative estimate of drug-likeness (QED) is 0.369. The standard InChI is InChI=1S/C13H24/c1-3-5-7-9-11-13-12-10-8-6-4-2/h3,5,7,9H,4,6,8,10-13H2,1-2H3/b5-3+,9-7-. The summed E-state index contributed by atoms with van der Waals surface area (Å²) in [6, 6.07) is 0. The van der Waals surface area contributed by atoms with Crippen LogP contribution < -0.4 is 0 Å². The minimum atomic E-state index is 1.25. The van der Waals surface area contributed by atoms with Crippen LogP contribution in [0.3, 0.4) is 0 Å². The second kappa shape index (κ2) is 11.5. The smallest absolute Gasteiger partial charge is 0.0348 e. The van der Waals surface area contributed by atoms with Gasteiger partial charge >= 0.3 is 0 Å². The average molecular weight is 180 g/mol. The summed E-state index contributed by atoms with van der Waals surface area (Å²) in [4.78, 5) is 0. The van der Waals surface area contributed by atoms with E-state index in [2.05, 4.69) is 38.2 Å². The van der Waals surface area contributed by atoms with Crippen molar-refractivity contribution >= 4 is 0 Å². The highest BCUT2D eigenvalue weighted by Crippen LogP contribution is 2.06. The first kappa shape index (κ1) is 12.5. The van der Waals surface area contributed by atoms with E-state index >= 15 is 0 Å². The van der Waals surface area contributed by atoms with E-state index in [0.717, 1.165) is 0 Å². The number of allylic oxidation sites excluding steroid dienone is 4. The van der Waals surface area contributed by atoms with Crippen molar-refractivity contribution in [3.63, 3.8) is 0 Å². The summed E-state index contributed by atoms with van der Waals surface area (Å²) in [5.41, 5.74) is 0. The molecule has 76 valence electrons. The van der Waals surface area contributed by atoms with Crippen LogP contribution in [0.5, 0.6) is 0 Å². The van der Waals surface area contributed by atoms with Gasteiger partial charge in [0.15, 0.2) is 0 Å². The van der Waals surface area contributed by atoms with Gasteiger partial charge in [0.25, 0.3) is 0 Å². The first-order chi connectivity index (χ1) is 6.41. The molecular formula is C13H24. The highest BCUT2D eigenvalue weighted by atomic mass is 13.9. The molecule has 0 aliphatic rings. The second-order valence-electron chi connectivity index (χ2n) is 3.51. The van der Waals surface area contributed by atoms with Gasteiger partial charge in [-0.2, -0.15) is 0 Å². The maximum absolute atomic E-state index is 2.26. The van der Waals surface area contributed by atoms with Crippen molar-refractivity contribution in [3.05, 3.63) is 24.3 Å². The third kappa shape index (κ3) is 11.5. The molecule has 0 aliphatic carbocycles. The summed E-state index contributed by atoms with van der Waals surface area (Å²) < 4.78 is 0. The molecule has 0 saturated heterocycles. The van der Waals surface area contributed by atoms with Crippen molar-refractivity contribution in [1.29, 1.82) is 0 Å². The molecule has 0 amide bonds. The van der Waals surface area contributed by atoms with Crippen LogP contribution in [0, 0.1) is 0 Å². The highest BCUT2D eigenvalue weighted by molar-refractivity contribution is 5.00. The van der Waals surface area contributed by atoms with E-state index in [0.29, 0.717) is 0 Å². The molecule has 0 heteroatoms. The average Bonchev–Trinajstić information content (AvgIpc) is 2.16. The first-order valence-corrected chi connectivity index (χ1v) is 5.69. The Morgan fingerprint density at radius 2 is 1.54 bits per heavy atom. The fourth-order valence-corrected chi connectivity index (χ4v) is 1.33. The Labute approximate surface area is 83.7 Å². The van der Waals surface area contributed by atoms with Crippen molar-refractivity contribution in [2.45, 2.75) is 58.8 Å². The summed E-state index contributed by atoms with van der Waals surface area (Å²) in [5.74, 6) is 0. The Hall–Kier alpha value is -0.520. The molecule has 0 atom stereocenters. The zero-order valence-corrected chi connectivity index (χ0v) is 9.26. The molecule has 0 fully saturated rings. The van der Waals surface area contributed by atoms with Crippen LogP contribution in [0.4, 0.5) is 0 Å². The first-order valence-electron chi connectivity index (χ1n) is 5.69. The molecular weight excluding hydrogens is 156 g/mol. The van der Waals surface area contributed by atoms with E-state index in [-0.39, 0.29) is 0 Å². The van der Waals surface area contributed by atoms with Crippen LogP contribution in [0.25, 0.3) is 0 Å². The van der Waals surface area contributed by atoms with Gasteiger partial charge in [0, 0.05) is 0 Å². The Morgan fingerprint density at radius 1 is 0.846 bits per heavy atom. The predicted octanol–water partition coefficient (Wildman–Crippen LogP) is 4.87. The lowest BCUT2D eigenvalue weighted by atomic mass is 10.1. The minimum absolute atomic E-state index is 1.25. The third-order valence-electron chi connectivity index (χ3n) is 2.16. The molecule has 0 radical (unpaired) electrons. The zero-order valence-electron chi connectivity index (χ0n) is 9.26. The molecule has 13 heavy (non-hydrogen) atoms. The normalized spacial score (nSPS) is 11.8. The molecule has 0 aromatic carbocycles. The van der Waals surface area contributed by atoms with Crippen molar-refractivity contribution in [2.75, 3.05) is 0 Å². The van der Waals surface area contributed by atoms with E-state index in [1.807, 2.05) is 0 Å². The summed E-state index contributed by atoms with van der Waals surface area (Å²) >= 11 is 0. The number of rotatable bonds is 8. The number of unbranched alkanes of at least 4 members (excludes halogenated alkanes) is 6. The Balaban J connectivity index is 2.99. The van der Waals surface area contributed by atoms with E-state index < -0.39 is 0 Å². The van der Waals surface area contributed by atoms with Gasteiger partial charge in [-0.15, -0.1) is 0 Å². The fourth-order valence-electron chi connectivity index (χ4n) is 1.33. The maximum atomic E-state index is 2.26. The van der Waals surface area contributed by atoms with Crippen molar-refractivity contribution in [1.82, 2.24) is 0 Å².